The summed E-state index contributed by atoms with van der Waals surface area (Å²) < 4.78 is 0. The molecule has 0 bridgehead atoms. The minimum Gasteiger partial charge on any atom is -0.352 e. The van der Waals surface area contributed by atoms with Crippen molar-refractivity contribution in [2.75, 3.05) is 31.1 Å². The molecule has 0 saturated carbocycles. The van der Waals surface area contributed by atoms with Crippen LogP contribution in [0.15, 0.2) is 54.9 Å². The number of hydrogen-bond donors (Lipinski definition) is 0. The summed E-state index contributed by atoms with van der Waals surface area (Å²) in [4.78, 5) is 20.6. The van der Waals surface area contributed by atoms with Crippen molar-refractivity contribution in [3.63, 3.8) is 0 Å². The molecule has 1 saturated heterocycles. The Labute approximate surface area is 164 Å². The minimum absolute atomic E-state index is 0.0315. The van der Waals surface area contributed by atoms with Gasteiger partial charge in [0, 0.05) is 44.1 Å². The highest BCUT2D eigenvalue weighted by Crippen LogP contribution is 2.23. The van der Waals surface area contributed by atoms with E-state index in [1.165, 1.54) is 11.1 Å². The number of anilines is 1. The van der Waals surface area contributed by atoms with Crippen LogP contribution in [-0.2, 0) is 0 Å². The molecule has 6 heteroatoms. The number of benzene rings is 1. The van der Waals surface area contributed by atoms with Gasteiger partial charge >= 0.3 is 0 Å². The summed E-state index contributed by atoms with van der Waals surface area (Å²) in [7, 11) is 0. The van der Waals surface area contributed by atoms with Crippen LogP contribution in [0.25, 0.3) is 11.3 Å². The van der Waals surface area contributed by atoms with Crippen molar-refractivity contribution in [2.45, 2.75) is 13.8 Å². The lowest BCUT2D eigenvalue weighted by Gasteiger charge is -2.35. The molecule has 0 atom stereocenters. The zero-order chi connectivity index (χ0) is 19.5. The van der Waals surface area contributed by atoms with Crippen molar-refractivity contribution in [2.24, 2.45) is 0 Å². The number of carbonyl (C=O) groups is 1. The Morgan fingerprint density at radius 1 is 0.964 bits per heavy atom. The van der Waals surface area contributed by atoms with Gasteiger partial charge in [0.05, 0.1) is 11.3 Å². The molecule has 2 aromatic heterocycles. The van der Waals surface area contributed by atoms with E-state index in [9.17, 15) is 4.79 Å². The molecule has 1 fully saturated rings. The highest BCUT2D eigenvalue weighted by molar-refractivity contribution is 5.94. The van der Waals surface area contributed by atoms with Gasteiger partial charge < -0.3 is 9.80 Å². The largest absolute Gasteiger partial charge is 0.352 e. The lowest BCUT2D eigenvalue weighted by atomic mass is 10.0. The molecular formula is C22H23N5O. The van der Waals surface area contributed by atoms with E-state index < -0.39 is 0 Å². The highest BCUT2D eigenvalue weighted by Gasteiger charge is 2.23. The van der Waals surface area contributed by atoms with Gasteiger partial charge in [-0.3, -0.25) is 9.78 Å². The predicted molar refractivity (Wildman–Crippen MR) is 109 cm³/mol. The van der Waals surface area contributed by atoms with Crippen LogP contribution in [0.1, 0.15) is 21.5 Å². The summed E-state index contributed by atoms with van der Waals surface area (Å²) in [6, 6.07) is 14.0. The number of hydrogen-bond acceptors (Lipinski definition) is 5. The zero-order valence-corrected chi connectivity index (χ0v) is 16.2. The second-order valence-corrected chi connectivity index (χ2v) is 7.12. The summed E-state index contributed by atoms with van der Waals surface area (Å²) in [5.41, 5.74) is 5.06. The molecule has 0 unspecified atom stereocenters. The van der Waals surface area contributed by atoms with Gasteiger partial charge in [-0.05, 0) is 43.7 Å². The third kappa shape index (κ3) is 3.71. The first-order valence-corrected chi connectivity index (χ1v) is 9.47. The van der Waals surface area contributed by atoms with Crippen molar-refractivity contribution in [1.29, 1.82) is 0 Å². The van der Waals surface area contributed by atoms with Crippen LogP contribution < -0.4 is 4.90 Å². The van der Waals surface area contributed by atoms with Crippen molar-refractivity contribution in [3.8, 4) is 11.3 Å². The van der Waals surface area contributed by atoms with Crippen molar-refractivity contribution < 1.29 is 4.79 Å². The van der Waals surface area contributed by atoms with E-state index in [-0.39, 0.29) is 5.91 Å². The average Bonchev–Trinajstić information content (AvgIpc) is 2.74. The maximum absolute atomic E-state index is 12.5. The number of aromatic nitrogens is 3. The van der Waals surface area contributed by atoms with E-state index in [2.05, 4.69) is 52.1 Å². The van der Waals surface area contributed by atoms with E-state index in [1.54, 1.807) is 24.5 Å². The third-order valence-electron chi connectivity index (χ3n) is 5.11. The number of carbonyl (C=O) groups excluding carboxylic acids is 1. The average molecular weight is 373 g/mol. The SMILES string of the molecule is Cc1ccc(-c2ccc(N3CCN(C(=O)c4cccnc4)CC3)nn2)c(C)c1. The fourth-order valence-corrected chi connectivity index (χ4v) is 3.55. The van der Waals surface area contributed by atoms with E-state index in [1.807, 2.05) is 17.0 Å². The molecule has 28 heavy (non-hydrogen) atoms. The molecule has 1 aliphatic rings. The van der Waals surface area contributed by atoms with Crippen LogP contribution in [0.2, 0.25) is 0 Å². The molecule has 1 aromatic carbocycles. The quantitative estimate of drug-likeness (QED) is 0.706. The number of amides is 1. The summed E-state index contributed by atoms with van der Waals surface area (Å²) in [5.74, 6) is 0.881. The van der Waals surface area contributed by atoms with Gasteiger partial charge in [-0.25, -0.2) is 0 Å². The topological polar surface area (TPSA) is 62.2 Å². The van der Waals surface area contributed by atoms with E-state index in [4.69, 9.17) is 0 Å². The molecular weight excluding hydrogens is 350 g/mol. The lowest BCUT2D eigenvalue weighted by Crippen LogP contribution is -2.49. The second kappa shape index (κ2) is 7.76. The first-order valence-electron chi connectivity index (χ1n) is 9.47. The Balaban J connectivity index is 1.42. The minimum atomic E-state index is 0.0315. The van der Waals surface area contributed by atoms with Gasteiger partial charge in [0.1, 0.15) is 0 Å². The molecule has 0 spiro atoms. The van der Waals surface area contributed by atoms with Gasteiger partial charge in [-0.15, -0.1) is 10.2 Å². The molecule has 0 radical (unpaired) electrons. The molecule has 0 aliphatic carbocycles. The third-order valence-corrected chi connectivity index (χ3v) is 5.11. The monoisotopic (exact) mass is 373 g/mol. The number of aryl methyl sites for hydroxylation is 2. The first kappa shape index (κ1) is 18.1. The van der Waals surface area contributed by atoms with Gasteiger partial charge in [0.25, 0.3) is 5.91 Å². The second-order valence-electron chi connectivity index (χ2n) is 7.12. The number of pyridine rings is 1. The van der Waals surface area contributed by atoms with Gasteiger partial charge in [-0.2, -0.15) is 0 Å². The maximum Gasteiger partial charge on any atom is 0.255 e. The summed E-state index contributed by atoms with van der Waals surface area (Å²) >= 11 is 0. The van der Waals surface area contributed by atoms with Crippen LogP contribution in [0, 0.1) is 13.8 Å². The molecule has 6 nitrogen and oxygen atoms in total. The zero-order valence-electron chi connectivity index (χ0n) is 16.2. The highest BCUT2D eigenvalue weighted by atomic mass is 16.2. The van der Waals surface area contributed by atoms with Crippen LogP contribution in [0.5, 0.6) is 0 Å². The molecule has 3 heterocycles. The lowest BCUT2D eigenvalue weighted by molar-refractivity contribution is 0.0746. The summed E-state index contributed by atoms with van der Waals surface area (Å²) in [6.45, 7) is 6.98. The maximum atomic E-state index is 12.5. The van der Waals surface area contributed by atoms with Crippen molar-refractivity contribution >= 4 is 11.7 Å². The van der Waals surface area contributed by atoms with Crippen LogP contribution in [-0.4, -0.2) is 52.2 Å². The Bertz CT molecular complexity index is 964. The van der Waals surface area contributed by atoms with Crippen LogP contribution in [0.4, 0.5) is 5.82 Å². The van der Waals surface area contributed by atoms with Crippen LogP contribution >= 0.6 is 0 Å². The van der Waals surface area contributed by atoms with Gasteiger partial charge in [0.15, 0.2) is 5.82 Å². The van der Waals surface area contributed by atoms with Gasteiger partial charge in [-0.1, -0.05) is 23.8 Å². The predicted octanol–water partition coefficient (Wildman–Crippen LogP) is 3.12. The normalized spacial score (nSPS) is 14.2. The standard InChI is InChI=1S/C22H23N5O/c1-16-5-6-19(17(2)14-16)20-7-8-21(25-24-20)26-10-12-27(13-11-26)22(28)18-4-3-9-23-15-18/h3-9,14-15H,10-13H2,1-2H3. The molecule has 1 aliphatic heterocycles. The Morgan fingerprint density at radius 3 is 2.43 bits per heavy atom. The Morgan fingerprint density at radius 2 is 1.79 bits per heavy atom. The van der Waals surface area contributed by atoms with E-state index in [0.717, 1.165) is 30.2 Å². The fourth-order valence-electron chi connectivity index (χ4n) is 3.55. The van der Waals surface area contributed by atoms with Crippen LogP contribution in [0.3, 0.4) is 0 Å². The van der Waals surface area contributed by atoms with E-state index >= 15 is 0 Å². The van der Waals surface area contributed by atoms with E-state index in [0.29, 0.717) is 18.7 Å². The molecule has 3 aromatic rings. The smallest absolute Gasteiger partial charge is 0.255 e. The first-order chi connectivity index (χ1) is 13.6. The summed E-state index contributed by atoms with van der Waals surface area (Å²) in [5, 5.41) is 8.87. The molecule has 1 amide bonds. The number of nitrogens with zero attached hydrogens (tertiary/aromatic N) is 5. The van der Waals surface area contributed by atoms with Crippen molar-refractivity contribution in [3.05, 3.63) is 71.5 Å². The molecule has 4 rings (SSSR count). The Kier molecular flexibility index (Phi) is 5.02. The molecule has 0 N–H and O–H groups in total. The van der Waals surface area contributed by atoms with Gasteiger partial charge in [0.2, 0.25) is 0 Å². The molecule has 142 valence electrons. The Hall–Kier alpha value is -3.28. The fraction of sp³-hybridized carbons (Fsp3) is 0.273. The van der Waals surface area contributed by atoms with Crippen molar-refractivity contribution in [1.82, 2.24) is 20.1 Å². The number of rotatable bonds is 3. The number of piperazine rings is 1. The summed E-state index contributed by atoms with van der Waals surface area (Å²) in [6.07, 6.45) is 3.29.